The Labute approximate surface area is 241 Å². The first-order chi connectivity index (χ1) is 20.3. The fourth-order valence-corrected chi connectivity index (χ4v) is 5.59. The molecule has 2 N–H and O–H groups in total. The van der Waals surface area contributed by atoms with E-state index in [1.54, 1.807) is 45.4 Å². The van der Waals surface area contributed by atoms with Crippen molar-refractivity contribution in [1.82, 2.24) is 34.2 Å². The van der Waals surface area contributed by atoms with Crippen LogP contribution in [0.4, 0.5) is 16.4 Å². The fraction of sp³-hybridized carbons (Fsp3) is 0.267. The number of nitriles is 1. The Morgan fingerprint density at radius 3 is 2.67 bits per heavy atom. The minimum absolute atomic E-state index is 0.0681. The first kappa shape index (κ1) is 26.8. The Kier molecular flexibility index (Phi) is 6.92. The van der Waals surface area contributed by atoms with E-state index in [1.807, 2.05) is 43.6 Å². The van der Waals surface area contributed by atoms with E-state index in [4.69, 9.17) is 9.72 Å². The van der Waals surface area contributed by atoms with E-state index < -0.39 is 6.09 Å². The number of carbonyl (C=O) groups is 1. The molecule has 4 heterocycles. The normalized spacial score (nSPS) is 16.3. The third kappa shape index (κ3) is 5.08. The van der Waals surface area contributed by atoms with E-state index in [1.165, 1.54) is 7.11 Å². The van der Waals surface area contributed by atoms with Gasteiger partial charge in [-0.2, -0.15) is 10.4 Å². The lowest BCUT2D eigenvalue weighted by atomic mass is 10.0. The average molecular weight is 564 g/mol. The van der Waals surface area contributed by atoms with E-state index in [2.05, 4.69) is 26.8 Å². The summed E-state index contributed by atoms with van der Waals surface area (Å²) in [7, 11) is 4.93. The number of rotatable bonds is 6. The van der Waals surface area contributed by atoms with Crippen molar-refractivity contribution in [2.75, 3.05) is 12.4 Å². The van der Waals surface area contributed by atoms with Crippen LogP contribution < -0.4 is 16.3 Å². The highest BCUT2D eigenvalue weighted by Gasteiger charge is 2.30. The van der Waals surface area contributed by atoms with Crippen LogP contribution in [0.3, 0.4) is 0 Å². The molecule has 4 aromatic heterocycles. The van der Waals surface area contributed by atoms with E-state index in [0.717, 1.165) is 35.0 Å². The van der Waals surface area contributed by atoms with Gasteiger partial charge in [-0.15, -0.1) is 0 Å². The zero-order chi connectivity index (χ0) is 29.4. The molecule has 1 saturated carbocycles. The molecule has 0 spiro atoms. The number of ether oxygens (including phenoxy) is 1. The summed E-state index contributed by atoms with van der Waals surface area (Å²) in [6.07, 6.45) is 7.03. The van der Waals surface area contributed by atoms with Gasteiger partial charge in [0.05, 0.1) is 47.9 Å². The Hall–Kier alpha value is -5.44. The number of aromatic nitrogens is 6. The van der Waals surface area contributed by atoms with E-state index in [0.29, 0.717) is 34.8 Å². The third-order valence-corrected chi connectivity index (χ3v) is 7.66. The van der Waals surface area contributed by atoms with Gasteiger partial charge in [0.2, 0.25) is 0 Å². The van der Waals surface area contributed by atoms with Crippen LogP contribution in [0.2, 0.25) is 0 Å². The summed E-state index contributed by atoms with van der Waals surface area (Å²) in [5.41, 5.74) is 5.16. The molecule has 1 aliphatic rings. The first-order valence-corrected chi connectivity index (χ1v) is 13.5. The van der Waals surface area contributed by atoms with Crippen LogP contribution in [0, 0.1) is 11.3 Å². The molecule has 0 aliphatic heterocycles. The number of aryl methyl sites for hydroxylation is 2. The lowest BCUT2D eigenvalue weighted by Crippen LogP contribution is -2.33. The van der Waals surface area contributed by atoms with Gasteiger partial charge in [0, 0.05) is 49.6 Å². The second kappa shape index (κ2) is 10.9. The topological polar surface area (TPSA) is 145 Å². The molecular weight excluding hydrogens is 534 g/mol. The van der Waals surface area contributed by atoms with Crippen molar-refractivity contribution in [2.45, 2.75) is 31.3 Å². The van der Waals surface area contributed by atoms with Crippen molar-refractivity contribution < 1.29 is 9.53 Å². The Morgan fingerprint density at radius 2 is 1.90 bits per heavy atom. The number of imidazole rings is 1. The zero-order valence-corrected chi connectivity index (χ0v) is 23.4. The summed E-state index contributed by atoms with van der Waals surface area (Å²) in [5.74, 6) is 1.07. The van der Waals surface area contributed by atoms with Crippen molar-refractivity contribution in [1.29, 1.82) is 5.26 Å². The molecule has 1 aromatic carbocycles. The largest absolute Gasteiger partial charge is 0.453 e. The number of fused-ring (bicyclic) bond motifs is 1. The Balaban J connectivity index is 1.38. The van der Waals surface area contributed by atoms with Crippen molar-refractivity contribution in [3.05, 3.63) is 77.1 Å². The molecule has 12 nitrogen and oxygen atoms in total. The lowest BCUT2D eigenvalue weighted by Gasteiger charge is -2.14. The van der Waals surface area contributed by atoms with Gasteiger partial charge >= 0.3 is 11.8 Å². The smallest absolute Gasteiger partial charge is 0.407 e. The predicted molar refractivity (Wildman–Crippen MR) is 157 cm³/mol. The van der Waals surface area contributed by atoms with Crippen molar-refractivity contribution in [3.8, 4) is 28.5 Å². The highest BCUT2D eigenvalue weighted by atomic mass is 16.5. The van der Waals surface area contributed by atoms with Gasteiger partial charge in [0.1, 0.15) is 11.6 Å². The number of methoxy groups -OCH3 is 1. The fourth-order valence-electron chi connectivity index (χ4n) is 5.59. The van der Waals surface area contributed by atoms with Gasteiger partial charge in [-0.3, -0.25) is 13.8 Å². The number of carbonyl (C=O) groups excluding carboxylic acids is 1. The molecule has 0 radical (unpaired) electrons. The summed E-state index contributed by atoms with van der Waals surface area (Å²) in [6.45, 7) is 0. The van der Waals surface area contributed by atoms with Crippen molar-refractivity contribution >= 4 is 28.8 Å². The van der Waals surface area contributed by atoms with Crippen LogP contribution >= 0.6 is 0 Å². The van der Waals surface area contributed by atoms with Gasteiger partial charge in [-0.1, -0.05) is 12.1 Å². The molecular formula is C30H29N9O3. The summed E-state index contributed by atoms with van der Waals surface area (Å²) in [5, 5.41) is 19.9. The van der Waals surface area contributed by atoms with Crippen LogP contribution in [-0.4, -0.2) is 48.1 Å². The quantitative estimate of drug-likeness (QED) is 0.312. The first-order valence-electron chi connectivity index (χ1n) is 13.5. The van der Waals surface area contributed by atoms with Gasteiger partial charge < -0.3 is 15.4 Å². The van der Waals surface area contributed by atoms with Crippen LogP contribution in [0.5, 0.6) is 0 Å². The molecule has 1 amide bonds. The predicted octanol–water partition coefficient (Wildman–Crippen LogP) is 4.26. The third-order valence-electron chi connectivity index (χ3n) is 7.66. The van der Waals surface area contributed by atoms with Crippen LogP contribution in [0.1, 0.15) is 30.9 Å². The molecule has 0 bridgehead atoms. The minimum Gasteiger partial charge on any atom is -0.453 e. The number of anilines is 2. The summed E-state index contributed by atoms with van der Waals surface area (Å²) >= 11 is 0. The number of hydrogen-bond donors (Lipinski definition) is 2. The summed E-state index contributed by atoms with van der Waals surface area (Å²) < 4.78 is 9.86. The number of amides is 1. The van der Waals surface area contributed by atoms with Crippen molar-refractivity contribution in [3.63, 3.8) is 0 Å². The number of hydrogen-bond acceptors (Lipinski definition) is 8. The SMILES string of the molecule is COC(=O)N[C@@H]1CC[C@@H](n2c(=O)n(C)c3cnc(Nc4cc(-c5cnn(C)c5)cc(-c5cccc(C#N)c5)n4)cc32)C1. The number of alkyl carbamates (subject to hydrolysis) is 1. The molecule has 2 atom stereocenters. The number of pyridine rings is 2. The second-order valence-electron chi connectivity index (χ2n) is 10.4. The van der Waals surface area contributed by atoms with E-state index >= 15 is 0 Å². The molecule has 1 fully saturated rings. The summed E-state index contributed by atoms with van der Waals surface area (Å²) in [4.78, 5) is 34.5. The highest BCUT2D eigenvalue weighted by Crippen LogP contribution is 2.33. The van der Waals surface area contributed by atoms with Gasteiger partial charge in [-0.05, 0) is 49.1 Å². The molecule has 212 valence electrons. The molecule has 1 aliphatic carbocycles. The summed E-state index contributed by atoms with van der Waals surface area (Å²) in [6, 6.07) is 15.1. The number of nitrogens with one attached hydrogen (secondary N) is 2. The molecule has 0 saturated heterocycles. The Morgan fingerprint density at radius 1 is 1.05 bits per heavy atom. The van der Waals surface area contributed by atoms with Crippen LogP contribution in [0.15, 0.2) is 65.8 Å². The van der Waals surface area contributed by atoms with E-state index in [9.17, 15) is 14.9 Å². The zero-order valence-electron chi connectivity index (χ0n) is 23.4. The molecule has 42 heavy (non-hydrogen) atoms. The maximum atomic E-state index is 13.3. The maximum Gasteiger partial charge on any atom is 0.407 e. The molecule has 12 heteroatoms. The van der Waals surface area contributed by atoms with Crippen molar-refractivity contribution in [2.24, 2.45) is 14.1 Å². The second-order valence-corrected chi connectivity index (χ2v) is 10.4. The number of nitrogens with zero attached hydrogens (tertiary/aromatic N) is 7. The van der Waals surface area contributed by atoms with Gasteiger partial charge in [0.15, 0.2) is 0 Å². The standard InChI is InChI=1S/C30H29N9O3/c1-37-17-21(15-33-37)20-10-24(19-6-4-5-18(9-19)14-31)35-28(11-20)36-27-13-25-26(16-32-27)38(2)30(41)39(25)23-8-7-22(12-23)34-29(40)42-3/h4-6,9-11,13,15-17,22-23H,7-8,12H2,1-3H3,(H,34,40)(H,32,35,36)/t22-,23-/m1/s1. The van der Waals surface area contributed by atoms with E-state index in [-0.39, 0.29) is 17.8 Å². The monoisotopic (exact) mass is 563 g/mol. The van der Waals surface area contributed by atoms with Gasteiger partial charge in [-0.25, -0.2) is 19.6 Å². The van der Waals surface area contributed by atoms with Gasteiger partial charge in [0.25, 0.3) is 0 Å². The molecule has 0 unspecified atom stereocenters. The minimum atomic E-state index is -0.471. The highest BCUT2D eigenvalue weighted by molar-refractivity contribution is 5.80. The van der Waals surface area contributed by atoms with Crippen LogP contribution in [0.25, 0.3) is 33.4 Å². The average Bonchev–Trinajstić information content (AvgIpc) is 3.71. The maximum absolute atomic E-state index is 13.3. The number of benzene rings is 1. The van der Waals surface area contributed by atoms with Crippen LogP contribution in [-0.2, 0) is 18.8 Å². The Bertz CT molecular complexity index is 1910. The molecule has 6 rings (SSSR count). The lowest BCUT2D eigenvalue weighted by molar-refractivity contribution is 0.166. The molecule has 5 aromatic rings.